The molecule has 11 heteroatoms. The number of alkyl halides is 2. The third kappa shape index (κ3) is 7.23. The van der Waals surface area contributed by atoms with Crippen LogP contribution < -0.4 is 14.2 Å². The summed E-state index contributed by atoms with van der Waals surface area (Å²) in [7, 11) is 1.51. The standard InChI is InChI=1S/C33H32F2N2O7/c1-3-42-32(39)30-25(15-22-9-14-29(40-2)36-17-22)31(37(26(30)18-38)20-41-19-21-7-5-4-6-8-21)23-10-13-27(44-33(34)35)28(16-23)43-24-11-12-24/h4-10,13-14,16-18,24,33H,3,11-12,15,19-20H2,1-2H3. The number of nitrogens with zero attached hydrogens (tertiary/aromatic N) is 2. The SMILES string of the molecule is CCOC(=O)c1c(Cc2ccc(OC)nc2)c(-c2ccc(OC(F)F)c(OC3CC3)c2)n(COCc2ccccc2)c1C=O. The molecular weight excluding hydrogens is 574 g/mol. The molecule has 0 amide bonds. The molecule has 5 rings (SSSR count). The summed E-state index contributed by atoms with van der Waals surface area (Å²) in [6, 6.07) is 17.5. The molecule has 230 valence electrons. The van der Waals surface area contributed by atoms with Crippen LogP contribution in [0.15, 0.2) is 66.9 Å². The third-order valence-electron chi connectivity index (χ3n) is 6.97. The number of carbonyl (C=O) groups excluding carboxylic acids is 2. The predicted octanol–water partition coefficient (Wildman–Crippen LogP) is 6.46. The highest BCUT2D eigenvalue weighted by molar-refractivity contribution is 6.02. The van der Waals surface area contributed by atoms with Crippen LogP contribution in [-0.2, 0) is 29.2 Å². The summed E-state index contributed by atoms with van der Waals surface area (Å²) in [6.45, 7) is -1.15. The molecule has 0 spiro atoms. The minimum absolute atomic E-state index is 0.0561. The van der Waals surface area contributed by atoms with Gasteiger partial charge in [0.05, 0.1) is 43.4 Å². The topological polar surface area (TPSA) is 98.1 Å². The minimum Gasteiger partial charge on any atom is -0.487 e. The molecule has 1 aliphatic rings. The lowest BCUT2D eigenvalue weighted by Crippen LogP contribution is -2.12. The van der Waals surface area contributed by atoms with Gasteiger partial charge < -0.3 is 28.3 Å². The fourth-order valence-corrected chi connectivity index (χ4v) is 4.86. The van der Waals surface area contributed by atoms with E-state index in [0.717, 1.165) is 24.0 Å². The normalized spacial score (nSPS) is 12.7. The second kappa shape index (κ2) is 14.1. The van der Waals surface area contributed by atoms with E-state index in [0.29, 0.717) is 29.0 Å². The predicted molar refractivity (Wildman–Crippen MR) is 156 cm³/mol. The number of hydrogen-bond donors (Lipinski definition) is 0. The van der Waals surface area contributed by atoms with Gasteiger partial charge in [0.2, 0.25) is 5.88 Å². The van der Waals surface area contributed by atoms with Crippen molar-refractivity contribution in [3.8, 4) is 28.6 Å². The van der Waals surface area contributed by atoms with Crippen LogP contribution in [0.5, 0.6) is 17.4 Å². The highest BCUT2D eigenvalue weighted by Gasteiger charge is 2.31. The molecule has 0 unspecified atom stereocenters. The van der Waals surface area contributed by atoms with Crippen molar-refractivity contribution in [3.63, 3.8) is 0 Å². The van der Waals surface area contributed by atoms with E-state index in [4.69, 9.17) is 23.7 Å². The van der Waals surface area contributed by atoms with E-state index in [-0.39, 0.29) is 55.2 Å². The van der Waals surface area contributed by atoms with Gasteiger partial charge in [0.1, 0.15) is 6.73 Å². The number of aldehydes is 1. The zero-order valence-electron chi connectivity index (χ0n) is 24.3. The smallest absolute Gasteiger partial charge is 0.387 e. The third-order valence-corrected chi connectivity index (χ3v) is 6.97. The summed E-state index contributed by atoms with van der Waals surface area (Å²) in [5.41, 5.74) is 3.21. The molecule has 0 radical (unpaired) electrons. The van der Waals surface area contributed by atoms with Crippen molar-refractivity contribution in [1.29, 1.82) is 0 Å². The molecule has 0 saturated heterocycles. The van der Waals surface area contributed by atoms with Crippen LogP contribution in [0.3, 0.4) is 0 Å². The van der Waals surface area contributed by atoms with E-state index in [1.54, 1.807) is 42.0 Å². The molecule has 9 nitrogen and oxygen atoms in total. The quantitative estimate of drug-likeness (QED) is 0.112. The van der Waals surface area contributed by atoms with Gasteiger partial charge in [-0.3, -0.25) is 4.79 Å². The van der Waals surface area contributed by atoms with Gasteiger partial charge >= 0.3 is 12.6 Å². The zero-order chi connectivity index (χ0) is 31.1. The second-order valence-electron chi connectivity index (χ2n) is 10.1. The van der Waals surface area contributed by atoms with Crippen LogP contribution >= 0.6 is 0 Å². The molecule has 0 aliphatic heterocycles. The second-order valence-corrected chi connectivity index (χ2v) is 10.1. The van der Waals surface area contributed by atoms with Gasteiger partial charge in [-0.15, -0.1) is 0 Å². The van der Waals surface area contributed by atoms with Gasteiger partial charge in [-0.25, -0.2) is 9.78 Å². The van der Waals surface area contributed by atoms with Crippen LogP contribution in [0, 0.1) is 0 Å². The molecule has 0 bridgehead atoms. The molecule has 2 aromatic carbocycles. The van der Waals surface area contributed by atoms with Gasteiger partial charge in [0, 0.05) is 24.2 Å². The summed E-state index contributed by atoms with van der Waals surface area (Å²) in [6.07, 6.45) is 3.86. The molecule has 0 N–H and O–H groups in total. The molecule has 4 aromatic rings. The van der Waals surface area contributed by atoms with Gasteiger partial charge in [-0.1, -0.05) is 36.4 Å². The monoisotopic (exact) mass is 606 g/mol. The van der Waals surface area contributed by atoms with Crippen LogP contribution in [0.1, 0.15) is 57.3 Å². The Balaban J connectivity index is 1.67. The Labute approximate surface area is 253 Å². The molecule has 0 atom stereocenters. The average Bonchev–Trinajstić information content (AvgIpc) is 3.79. The highest BCUT2D eigenvalue weighted by Crippen LogP contribution is 2.41. The summed E-state index contributed by atoms with van der Waals surface area (Å²) < 4.78 is 55.4. The Morgan fingerprint density at radius 2 is 1.86 bits per heavy atom. The van der Waals surface area contributed by atoms with E-state index >= 15 is 0 Å². The van der Waals surface area contributed by atoms with Crippen molar-refractivity contribution < 1.29 is 42.1 Å². The van der Waals surface area contributed by atoms with Crippen LogP contribution in [0.2, 0.25) is 0 Å². The van der Waals surface area contributed by atoms with Crippen LogP contribution in [-0.4, -0.2) is 48.2 Å². The number of halogens is 2. The van der Waals surface area contributed by atoms with Crippen molar-refractivity contribution in [1.82, 2.24) is 9.55 Å². The molecule has 1 aliphatic carbocycles. The van der Waals surface area contributed by atoms with E-state index in [9.17, 15) is 18.4 Å². The molecule has 1 fully saturated rings. The number of methoxy groups -OCH3 is 1. The van der Waals surface area contributed by atoms with Crippen molar-refractivity contribution in [2.24, 2.45) is 0 Å². The van der Waals surface area contributed by atoms with Gasteiger partial charge in [0.25, 0.3) is 0 Å². The Morgan fingerprint density at radius 3 is 2.50 bits per heavy atom. The Bertz CT molecular complexity index is 1590. The summed E-state index contributed by atoms with van der Waals surface area (Å²) in [5.74, 6) is -0.250. The number of pyridine rings is 1. The lowest BCUT2D eigenvalue weighted by Gasteiger charge is -2.17. The van der Waals surface area contributed by atoms with Crippen LogP contribution in [0.25, 0.3) is 11.3 Å². The van der Waals surface area contributed by atoms with Crippen molar-refractivity contribution in [2.75, 3.05) is 13.7 Å². The molecule has 2 heterocycles. The van der Waals surface area contributed by atoms with Crippen molar-refractivity contribution >= 4 is 12.3 Å². The molecular formula is C33H32F2N2O7. The lowest BCUT2D eigenvalue weighted by molar-refractivity contribution is -0.0516. The van der Waals surface area contributed by atoms with Gasteiger partial charge in [0.15, 0.2) is 17.8 Å². The number of esters is 1. The number of ether oxygens (including phenoxy) is 5. The Morgan fingerprint density at radius 1 is 1.07 bits per heavy atom. The summed E-state index contributed by atoms with van der Waals surface area (Å²) >= 11 is 0. The highest BCUT2D eigenvalue weighted by atomic mass is 19.3. The molecule has 2 aromatic heterocycles. The number of benzene rings is 2. The first kappa shape index (κ1) is 30.7. The maximum atomic E-state index is 13.4. The largest absolute Gasteiger partial charge is 0.487 e. The minimum atomic E-state index is -3.05. The Hall–Kier alpha value is -4.77. The van der Waals surface area contributed by atoms with Crippen LogP contribution in [0.4, 0.5) is 8.78 Å². The molecule has 44 heavy (non-hydrogen) atoms. The fraction of sp³-hybridized carbons (Fsp3) is 0.303. The number of carbonyl (C=O) groups is 2. The van der Waals surface area contributed by atoms with Gasteiger partial charge in [-0.05, 0) is 54.7 Å². The Kier molecular flexibility index (Phi) is 9.86. The first-order chi connectivity index (χ1) is 21.4. The summed E-state index contributed by atoms with van der Waals surface area (Å²) in [5, 5.41) is 0. The van der Waals surface area contributed by atoms with E-state index in [1.165, 1.54) is 13.2 Å². The van der Waals surface area contributed by atoms with E-state index in [2.05, 4.69) is 4.98 Å². The van der Waals surface area contributed by atoms with Gasteiger partial charge in [-0.2, -0.15) is 8.78 Å². The average molecular weight is 607 g/mol. The summed E-state index contributed by atoms with van der Waals surface area (Å²) in [4.78, 5) is 30.4. The maximum absolute atomic E-state index is 13.4. The fourth-order valence-electron chi connectivity index (χ4n) is 4.86. The lowest BCUT2D eigenvalue weighted by atomic mass is 9.97. The number of hydrogen-bond acceptors (Lipinski definition) is 8. The van der Waals surface area contributed by atoms with E-state index in [1.807, 2.05) is 30.3 Å². The molecule has 1 saturated carbocycles. The first-order valence-corrected chi connectivity index (χ1v) is 14.2. The van der Waals surface area contributed by atoms with Crippen molar-refractivity contribution in [2.45, 2.75) is 52.2 Å². The first-order valence-electron chi connectivity index (χ1n) is 14.2. The number of aromatic nitrogens is 2. The number of rotatable bonds is 15. The van der Waals surface area contributed by atoms with Crippen molar-refractivity contribution in [3.05, 3.63) is 94.8 Å². The maximum Gasteiger partial charge on any atom is 0.387 e. The zero-order valence-corrected chi connectivity index (χ0v) is 24.3. The van der Waals surface area contributed by atoms with E-state index < -0.39 is 12.6 Å².